The van der Waals surface area contributed by atoms with Gasteiger partial charge >= 0.3 is 0 Å². The normalized spacial score (nSPS) is 11.5. The van der Waals surface area contributed by atoms with E-state index in [9.17, 15) is 10.1 Å². The maximum atomic E-state index is 11.1. The number of aryl methyl sites for hydroxylation is 1. The average Bonchev–Trinajstić information content (AvgIpc) is 2.72. The average molecular weight is 246 g/mol. The summed E-state index contributed by atoms with van der Waals surface area (Å²) in [5.74, 6) is 0. The zero-order chi connectivity index (χ0) is 12.3. The molecule has 0 aliphatic rings. The summed E-state index contributed by atoms with van der Waals surface area (Å²) in [6.45, 7) is 1.84. The first-order valence-corrected chi connectivity index (χ1v) is 5.88. The molecule has 1 aromatic carbocycles. The summed E-state index contributed by atoms with van der Waals surface area (Å²) in [6, 6.07) is 8.85. The van der Waals surface area contributed by atoms with Crippen LogP contribution in [0.25, 0.3) is 11.8 Å². The molecule has 0 aliphatic carbocycles. The first-order valence-electron chi connectivity index (χ1n) is 5.00. The molecule has 5 heteroatoms. The molecule has 2 aromatic rings. The van der Waals surface area contributed by atoms with Crippen LogP contribution in [0.1, 0.15) is 16.1 Å². The highest BCUT2D eigenvalue weighted by Gasteiger charge is 2.14. The Morgan fingerprint density at radius 3 is 2.65 bits per heavy atom. The smallest absolute Gasteiger partial charge is 0.258 e. The highest BCUT2D eigenvalue weighted by atomic mass is 32.1. The monoisotopic (exact) mass is 246 g/mol. The third kappa shape index (κ3) is 2.57. The van der Waals surface area contributed by atoms with Gasteiger partial charge in [0.25, 0.3) is 5.70 Å². The van der Waals surface area contributed by atoms with Crippen molar-refractivity contribution < 1.29 is 4.92 Å². The second-order valence-electron chi connectivity index (χ2n) is 3.45. The minimum absolute atomic E-state index is 0.0953. The molecule has 1 aromatic heterocycles. The minimum Gasteiger partial charge on any atom is -0.258 e. The van der Waals surface area contributed by atoms with Crippen LogP contribution in [-0.4, -0.2) is 9.91 Å². The molecular formula is C12H10N2O2S. The van der Waals surface area contributed by atoms with Crippen LogP contribution in [0.3, 0.4) is 0 Å². The lowest BCUT2D eigenvalue weighted by Gasteiger charge is -1.98. The van der Waals surface area contributed by atoms with E-state index in [1.807, 2.05) is 13.0 Å². The number of benzene rings is 1. The third-order valence-electron chi connectivity index (χ3n) is 2.32. The van der Waals surface area contributed by atoms with Gasteiger partial charge in [-0.15, -0.1) is 11.3 Å². The highest BCUT2D eigenvalue weighted by molar-refractivity contribution is 7.10. The first-order chi connectivity index (χ1) is 8.18. The molecule has 0 bridgehead atoms. The molecule has 86 valence electrons. The number of rotatable bonds is 3. The molecular weight excluding hydrogens is 236 g/mol. The predicted molar refractivity (Wildman–Crippen MR) is 68.2 cm³/mol. The van der Waals surface area contributed by atoms with E-state index >= 15 is 0 Å². The van der Waals surface area contributed by atoms with Gasteiger partial charge < -0.3 is 0 Å². The van der Waals surface area contributed by atoms with Crippen LogP contribution >= 0.6 is 11.3 Å². The fraction of sp³-hybridized carbons (Fsp3) is 0.0833. The van der Waals surface area contributed by atoms with E-state index in [-0.39, 0.29) is 10.6 Å². The summed E-state index contributed by atoms with van der Waals surface area (Å²) in [5.41, 5.74) is 3.19. The van der Waals surface area contributed by atoms with Crippen LogP contribution < -0.4 is 0 Å². The Bertz CT molecular complexity index is 561. The van der Waals surface area contributed by atoms with E-state index in [1.165, 1.54) is 11.3 Å². The van der Waals surface area contributed by atoms with Gasteiger partial charge in [-0.05, 0) is 19.1 Å². The largest absolute Gasteiger partial charge is 0.278 e. The SMILES string of the molecule is Cc1ncsc1C=C(c1ccccc1)[N+](=O)[O-]. The maximum Gasteiger partial charge on any atom is 0.278 e. The van der Waals surface area contributed by atoms with Crippen LogP contribution in [0.15, 0.2) is 35.8 Å². The number of aromatic nitrogens is 1. The fourth-order valence-corrected chi connectivity index (χ4v) is 2.15. The van der Waals surface area contributed by atoms with Crippen molar-refractivity contribution in [2.45, 2.75) is 6.92 Å². The van der Waals surface area contributed by atoms with Crippen molar-refractivity contribution in [3.8, 4) is 0 Å². The molecule has 0 amide bonds. The molecule has 0 aliphatic heterocycles. The maximum absolute atomic E-state index is 11.1. The number of hydrogen-bond acceptors (Lipinski definition) is 4. The molecule has 0 fully saturated rings. The van der Waals surface area contributed by atoms with Gasteiger partial charge in [0.15, 0.2) is 0 Å². The Morgan fingerprint density at radius 1 is 1.41 bits per heavy atom. The second-order valence-corrected chi connectivity index (χ2v) is 4.34. The van der Waals surface area contributed by atoms with E-state index in [4.69, 9.17) is 0 Å². The lowest BCUT2D eigenvalue weighted by atomic mass is 10.1. The summed E-state index contributed by atoms with van der Waals surface area (Å²) in [5, 5.41) is 11.1. The van der Waals surface area contributed by atoms with Gasteiger partial charge in [0.1, 0.15) is 0 Å². The quantitative estimate of drug-likeness (QED) is 0.617. The summed E-state index contributed by atoms with van der Waals surface area (Å²) in [4.78, 5) is 15.6. The third-order valence-corrected chi connectivity index (χ3v) is 3.19. The predicted octanol–water partition coefficient (Wildman–Crippen LogP) is 3.23. The van der Waals surface area contributed by atoms with Gasteiger partial charge in [-0.3, -0.25) is 10.1 Å². The zero-order valence-electron chi connectivity index (χ0n) is 9.16. The van der Waals surface area contributed by atoms with Crippen molar-refractivity contribution in [3.63, 3.8) is 0 Å². The number of nitrogens with zero attached hydrogens (tertiary/aromatic N) is 2. The summed E-state index contributed by atoms with van der Waals surface area (Å²) in [7, 11) is 0. The van der Waals surface area contributed by atoms with Gasteiger partial charge in [0.2, 0.25) is 0 Å². The molecule has 4 nitrogen and oxygen atoms in total. The molecule has 0 N–H and O–H groups in total. The number of thiazole rings is 1. The van der Waals surface area contributed by atoms with Crippen molar-refractivity contribution >= 4 is 23.1 Å². The lowest BCUT2D eigenvalue weighted by Crippen LogP contribution is -1.97. The van der Waals surface area contributed by atoms with E-state index in [0.29, 0.717) is 5.56 Å². The van der Waals surface area contributed by atoms with Gasteiger partial charge in [-0.25, -0.2) is 4.98 Å². The van der Waals surface area contributed by atoms with Crippen LogP contribution in [0.2, 0.25) is 0 Å². The molecule has 2 rings (SSSR count). The summed E-state index contributed by atoms with van der Waals surface area (Å²) < 4.78 is 0. The fourth-order valence-electron chi connectivity index (χ4n) is 1.42. The highest BCUT2D eigenvalue weighted by Crippen LogP contribution is 2.22. The molecule has 0 saturated carbocycles. The van der Waals surface area contributed by atoms with E-state index in [2.05, 4.69) is 4.98 Å². The Balaban J connectivity index is 2.47. The number of nitro groups is 1. The zero-order valence-corrected chi connectivity index (χ0v) is 9.98. The Hall–Kier alpha value is -2.01. The molecule has 17 heavy (non-hydrogen) atoms. The molecule has 0 spiro atoms. The van der Waals surface area contributed by atoms with Crippen LogP contribution in [0.4, 0.5) is 0 Å². The first kappa shape index (κ1) is 11.5. The van der Waals surface area contributed by atoms with Crippen LogP contribution in [0, 0.1) is 17.0 Å². The molecule has 0 radical (unpaired) electrons. The van der Waals surface area contributed by atoms with Gasteiger partial charge in [0.05, 0.1) is 26.6 Å². The van der Waals surface area contributed by atoms with Crippen molar-refractivity contribution in [2.75, 3.05) is 0 Å². The topological polar surface area (TPSA) is 56.0 Å². The molecule has 0 atom stereocenters. The standard InChI is InChI=1S/C12H10N2O2S/c1-9-12(17-8-13-9)7-11(14(15)16)10-5-3-2-4-6-10/h2-8H,1H3. The Kier molecular flexibility index (Phi) is 3.30. The lowest BCUT2D eigenvalue weighted by molar-refractivity contribution is -0.374. The van der Waals surface area contributed by atoms with Gasteiger partial charge in [0, 0.05) is 6.08 Å². The molecule has 0 saturated heterocycles. The molecule has 1 heterocycles. The van der Waals surface area contributed by atoms with Crippen molar-refractivity contribution in [1.82, 2.24) is 4.98 Å². The Labute approximate surface area is 102 Å². The summed E-state index contributed by atoms with van der Waals surface area (Å²) in [6.07, 6.45) is 1.57. The van der Waals surface area contributed by atoms with Crippen LogP contribution in [-0.2, 0) is 0 Å². The van der Waals surface area contributed by atoms with Gasteiger partial charge in [-0.2, -0.15) is 0 Å². The minimum atomic E-state index is -0.367. The van der Waals surface area contributed by atoms with E-state index in [1.54, 1.807) is 35.9 Å². The number of hydrogen-bond donors (Lipinski definition) is 0. The van der Waals surface area contributed by atoms with Crippen molar-refractivity contribution in [2.24, 2.45) is 0 Å². The van der Waals surface area contributed by atoms with Crippen LogP contribution in [0.5, 0.6) is 0 Å². The van der Waals surface area contributed by atoms with Gasteiger partial charge in [-0.1, -0.05) is 18.2 Å². The van der Waals surface area contributed by atoms with Crippen molar-refractivity contribution in [1.29, 1.82) is 0 Å². The second kappa shape index (κ2) is 4.88. The summed E-state index contributed by atoms with van der Waals surface area (Å²) >= 11 is 1.40. The molecule has 0 unspecified atom stereocenters. The van der Waals surface area contributed by atoms with Crippen molar-refractivity contribution in [3.05, 3.63) is 62.1 Å². The Morgan fingerprint density at radius 2 is 2.12 bits per heavy atom. The van der Waals surface area contributed by atoms with E-state index in [0.717, 1.165) is 10.6 Å². The van der Waals surface area contributed by atoms with E-state index < -0.39 is 0 Å².